The van der Waals surface area contributed by atoms with Gasteiger partial charge in [-0.3, -0.25) is 9.69 Å². The lowest BCUT2D eigenvalue weighted by Gasteiger charge is -2.62. The number of hydrogen-bond acceptors (Lipinski definition) is 5. The fourth-order valence-corrected chi connectivity index (χ4v) is 11.0. The number of aliphatic carboxylic acids is 1. The first-order chi connectivity index (χ1) is 21.0. The average Bonchev–Trinajstić information content (AvgIpc) is 3.34. The van der Waals surface area contributed by atoms with Gasteiger partial charge < -0.3 is 14.9 Å². The number of aliphatic hydroxyl groups excluding tert-OH is 1. The molecule has 10 atom stereocenters. The molecule has 0 saturated heterocycles. The van der Waals surface area contributed by atoms with Gasteiger partial charge in [0, 0.05) is 37.8 Å². The van der Waals surface area contributed by atoms with E-state index in [1.165, 1.54) is 6.42 Å². The number of carbonyl (C=O) groups is 2. The van der Waals surface area contributed by atoms with Crippen LogP contribution in [-0.2, 0) is 16.1 Å². The van der Waals surface area contributed by atoms with Crippen LogP contribution in [0.4, 0.5) is 0 Å². The van der Waals surface area contributed by atoms with Gasteiger partial charge in [-0.2, -0.15) is 0 Å². The van der Waals surface area contributed by atoms with Crippen molar-refractivity contribution in [1.29, 1.82) is 0 Å². The second-order valence-corrected chi connectivity index (χ2v) is 15.8. The maximum absolute atomic E-state index is 13.2. The Morgan fingerprint density at radius 2 is 1.64 bits per heavy atom. The number of benzene rings is 1. The van der Waals surface area contributed by atoms with Gasteiger partial charge in [-0.1, -0.05) is 32.9 Å². The van der Waals surface area contributed by atoms with Gasteiger partial charge in [-0.25, -0.2) is 4.79 Å². The molecule has 8 heteroatoms. The number of alkyl halides is 2. The van der Waals surface area contributed by atoms with Crippen molar-refractivity contribution in [2.24, 2.45) is 46.3 Å². The minimum absolute atomic E-state index is 0.119. The second-order valence-electron chi connectivity index (χ2n) is 15.1. The topological polar surface area (TPSA) is 87.1 Å². The summed E-state index contributed by atoms with van der Waals surface area (Å²) in [5.74, 6) is 2.71. The summed E-state index contributed by atoms with van der Waals surface area (Å²) in [6, 6.07) is 7.68. The van der Waals surface area contributed by atoms with E-state index in [0.717, 1.165) is 76.6 Å². The summed E-state index contributed by atoms with van der Waals surface area (Å²) in [5, 5.41) is 21.0. The molecule has 1 unspecified atom stereocenters. The van der Waals surface area contributed by atoms with Gasteiger partial charge in [0.05, 0.1) is 11.7 Å². The van der Waals surface area contributed by atoms with E-state index in [9.17, 15) is 19.8 Å². The molecule has 5 rings (SSSR count). The molecule has 0 aliphatic heterocycles. The number of esters is 1. The molecule has 1 aromatic carbocycles. The summed E-state index contributed by atoms with van der Waals surface area (Å²) in [5.41, 5.74) is 2.02. The van der Waals surface area contributed by atoms with Crippen LogP contribution in [0.3, 0.4) is 0 Å². The van der Waals surface area contributed by atoms with Crippen LogP contribution in [0.15, 0.2) is 24.3 Å². The van der Waals surface area contributed by atoms with E-state index in [1.807, 2.05) is 24.3 Å². The molecule has 0 aromatic heterocycles. The molecule has 0 amide bonds. The summed E-state index contributed by atoms with van der Waals surface area (Å²) in [6.45, 7) is 9.43. The Kier molecular flexibility index (Phi) is 11.0. The SMILES string of the molecule is C[C@H](CCC(=O)O)[C@H]1CC[C@H]2[C@@H]3[C@@H](O)CC4C[C@@H](OC(=O)c5ccc(CN(CCCl)CCCl)cc5)CC[C@]4(C)[C@H]3CC[C@]12C. The maximum atomic E-state index is 13.2. The van der Waals surface area contributed by atoms with Crippen LogP contribution in [0.1, 0.15) is 101 Å². The fourth-order valence-electron chi connectivity index (χ4n) is 10.6. The average molecular weight is 651 g/mol. The van der Waals surface area contributed by atoms with Crippen molar-refractivity contribution in [2.45, 2.75) is 104 Å². The molecule has 4 aliphatic rings. The Morgan fingerprint density at radius 3 is 2.30 bits per heavy atom. The summed E-state index contributed by atoms with van der Waals surface area (Å²) in [7, 11) is 0. The third kappa shape index (κ3) is 6.85. The quantitative estimate of drug-likeness (QED) is 0.179. The van der Waals surface area contributed by atoms with Crippen molar-refractivity contribution < 1.29 is 24.5 Å². The number of carbonyl (C=O) groups excluding carboxylic acids is 1. The van der Waals surface area contributed by atoms with Crippen LogP contribution in [0.2, 0.25) is 0 Å². The smallest absolute Gasteiger partial charge is 0.338 e. The van der Waals surface area contributed by atoms with E-state index >= 15 is 0 Å². The predicted molar refractivity (Wildman–Crippen MR) is 175 cm³/mol. The van der Waals surface area contributed by atoms with Gasteiger partial charge in [-0.15, -0.1) is 23.2 Å². The molecule has 6 nitrogen and oxygen atoms in total. The first-order valence-electron chi connectivity index (χ1n) is 17.0. The van der Waals surface area contributed by atoms with Crippen molar-refractivity contribution in [1.82, 2.24) is 4.90 Å². The highest BCUT2D eigenvalue weighted by Crippen LogP contribution is 2.68. The van der Waals surface area contributed by atoms with Gasteiger partial charge in [0.15, 0.2) is 0 Å². The molecular weight excluding hydrogens is 597 g/mol. The Bertz CT molecular complexity index is 1140. The third-order valence-electron chi connectivity index (χ3n) is 12.9. The standard InChI is InChI=1S/C36H53Cl2NO5/c1-23(4-11-32(41)42)28-9-10-29-33-30(13-15-36(28,29)3)35(2)14-12-27(20-26(35)21-31(33)40)44-34(43)25-7-5-24(6-8-25)22-39(18-16-37)19-17-38/h5-8,23,26-31,33,40H,4,9-22H2,1-3H3,(H,41,42)/t23-,26?,27+,28-,29+,30+,31+,33+,35+,36-/m1/s1. The van der Waals surface area contributed by atoms with Crippen LogP contribution in [0.5, 0.6) is 0 Å². The zero-order chi connectivity index (χ0) is 31.6. The van der Waals surface area contributed by atoms with Gasteiger partial charge in [-0.05, 0) is 122 Å². The number of halogens is 2. The predicted octanol–water partition coefficient (Wildman–Crippen LogP) is 7.62. The van der Waals surface area contributed by atoms with E-state index in [-0.39, 0.29) is 35.4 Å². The van der Waals surface area contributed by atoms with Crippen LogP contribution in [0.25, 0.3) is 0 Å². The highest BCUT2D eigenvalue weighted by Gasteiger charge is 2.63. The van der Waals surface area contributed by atoms with E-state index in [2.05, 4.69) is 25.7 Å². The molecule has 0 radical (unpaired) electrons. The maximum Gasteiger partial charge on any atom is 0.338 e. The number of nitrogens with zero attached hydrogens (tertiary/aromatic N) is 1. The molecule has 2 N–H and O–H groups in total. The van der Waals surface area contributed by atoms with Crippen molar-refractivity contribution in [3.63, 3.8) is 0 Å². The van der Waals surface area contributed by atoms with Crippen LogP contribution < -0.4 is 0 Å². The number of carboxylic acids is 1. The number of fused-ring (bicyclic) bond motifs is 5. The van der Waals surface area contributed by atoms with Gasteiger partial charge in [0.2, 0.25) is 0 Å². The number of hydrogen-bond donors (Lipinski definition) is 2. The first-order valence-corrected chi connectivity index (χ1v) is 18.1. The normalized spacial score (nSPS) is 37.1. The largest absolute Gasteiger partial charge is 0.481 e. The molecule has 44 heavy (non-hydrogen) atoms. The molecule has 4 fully saturated rings. The van der Waals surface area contributed by atoms with Gasteiger partial charge >= 0.3 is 11.9 Å². The van der Waals surface area contributed by atoms with Crippen LogP contribution in [-0.4, -0.2) is 64.1 Å². The molecule has 0 heterocycles. The van der Waals surface area contributed by atoms with Gasteiger partial charge in [0.25, 0.3) is 0 Å². The number of rotatable bonds is 12. The minimum atomic E-state index is -0.704. The lowest BCUT2D eigenvalue weighted by molar-refractivity contribution is -0.174. The molecule has 1 aromatic rings. The Morgan fingerprint density at radius 1 is 0.977 bits per heavy atom. The second kappa shape index (κ2) is 14.2. The number of aliphatic hydroxyl groups is 1. The van der Waals surface area contributed by atoms with Gasteiger partial charge in [0.1, 0.15) is 6.10 Å². The van der Waals surface area contributed by atoms with E-state index in [4.69, 9.17) is 27.9 Å². The fraction of sp³-hybridized carbons (Fsp3) is 0.778. The molecular formula is C36H53Cl2NO5. The van der Waals surface area contributed by atoms with Crippen molar-refractivity contribution in [2.75, 3.05) is 24.8 Å². The van der Waals surface area contributed by atoms with E-state index < -0.39 is 5.97 Å². The summed E-state index contributed by atoms with van der Waals surface area (Å²) >= 11 is 11.9. The number of carboxylic acid groups (broad SMARTS) is 1. The monoisotopic (exact) mass is 649 g/mol. The van der Waals surface area contributed by atoms with E-state index in [0.29, 0.717) is 52.8 Å². The third-order valence-corrected chi connectivity index (χ3v) is 13.2. The molecule has 4 saturated carbocycles. The molecule has 4 aliphatic carbocycles. The highest BCUT2D eigenvalue weighted by molar-refractivity contribution is 6.18. The molecule has 0 bridgehead atoms. The Balaban J connectivity index is 1.20. The van der Waals surface area contributed by atoms with Crippen molar-refractivity contribution in [3.8, 4) is 0 Å². The first kappa shape index (κ1) is 34.0. The molecule has 246 valence electrons. The summed E-state index contributed by atoms with van der Waals surface area (Å²) in [6.07, 6.45) is 8.65. The summed E-state index contributed by atoms with van der Waals surface area (Å²) in [4.78, 5) is 26.6. The molecule has 0 spiro atoms. The Labute approximate surface area is 274 Å². The van der Waals surface area contributed by atoms with Crippen molar-refractivity contribution >= 4 is 35.1 Å². The number of ether oxygens (including phenoxy) is 1. The zero-order valence-corrected chi connectivity index (χ0v) is 28.4. The lowest BCUT2D eigenvalue weighted by atomic mass is 9.43. The van der Waals surface area contributed by atoms with Crippen molar-refractivity contribution in [3.05, 3.63) is 35.4 Å². The van der Waals surface area contributed by atoms with Crippen LogP contribution in [0, 0.1) is 46.3 Å². The van der Waals surface area contributed by atoms with E-state index in [1.54, 1.807) is 0 Å². The zero-order valence-electron chi connectivity index (χ0n) is 26.9. The van der Waals surface area contributed by atoms with Crippen LogP contribution >= 0.6 is 23.2 Å². The lowest BCUT2D eigenvalue weighted by Crippen LogP contribution is -2.58. The minimum Gasteiger partial charge on any atom is -0.481 e. The highest BCUT2D eigenvalue weighted by atomic mass is 35.5. The Hall–Kier alpha value is -1.34. The summed E-state index contributed by atoms with van der Waals surface area (Å²) < 4.78 is 6.10.